The number of amides is 2. The third-order valence-electron chi connectivity index (χ3n) is 5.41. The molecule has 2 N–H and O–H groups in total. The second-order valence-corrected chi connectivity index (χ2v) is 9.50. The molecule has 0 aliphatic carbocycles. The molecule has 0 spiro atoms. The number of non-ortho nitro benzene ring substituents is 1. The molecule has 2 amide bonds. The van der Waals surface area contributed by atoms with E-state index in [1.807, 2.05) is 45.9 Å². The average molecular weight is 497 g/mol. The van der Waals surface area contributed by atoms with Gasteiger partial charge < -0.3 is 15.2 Å². The summed E-state index contributed by atoms with van der Waals surface area (Å²) in [6.07, 6.45) is 0. The molecule has 1 atom stereocenters. The van der Waals surface area contributed by atoms with Gasteiger partial charge in [0.1, 0.15) is 0 Å². The van der Waals surface area contributed by atoms with Gasteiger partial charge in [0, 0.05) is 30.4 Å². The monoisotopic (exact) mass is 496 g/mol. The van der Waals surface area contributed by atoms with E-state index in [4.69, 9.17) is 0 Å². The summed E-state index contributed by atoms with van der Waals surface area (Å²) in [6, 6.07) is 10.9. The van der Waals surface area contributed by atoms with Crippen molar-refractivity contribution in [2.45, 2.75) is 38.9 Å². The first-order valence-corrected chi connectivity index (χ1v) is 12.0. The van der Waals surface area contributed by atoms with E-state index in [0.29, 0.717) is 11.0 Å². The summed E-state index contributed by atoms with van der Waals surface area (Å²) in [5.41, 5.74) is 2.91. The number of nitrogens with zero attached hydrogens (tertiary/aromatic N) is 4. The van der Waals surface area contributed by atoms with Crippen LogP contribution in [0.3, 0.4) is 0 Å². The fourth-order valence-electron chi connectivity index (χ4n) is 3.51. The molecular weight excluding hydrogens is 468 g/mol. The van der Waals surface area contributed by atoms with Gasteiger partial charge in [0.15, 0.2) is 11.0 Å². The predicted molar refractivity (Wildman–Crippen MR) is 134 cm³/mol. The Balaban J connectivity index is 1.69. The van der Waals surface area contributed by atoms with Gasteiger partial charge in [-0.25, -0.2) is 0 Å². The maximum Gasteiger partial charge on any atom is 0.270 e. The minimum absolute atomic E-state index is 0.0359. The average Bonchev–Trinajstić information content (AvgIpc) is 3.17. The van der Waals surface area contributed by atoms with Crippen LogP contribution in [0.5, 0.6) is 0 Å². The number of nitrogens with one attached hydrogen (secondary N) is 2. The van der Waals surface area contributed by atoms with Crippen molar-refractivity contribution in [1.29, 1.82) is 0 Å². The van der Waals surface area contributed by atoms with Crippen LogP contribution in [0.2, 0.25) is 0 Å². The van der Waals surface area contributed by atoms with Crippen LogP contribution in [-0.4, -0.2) is 37.3 Å². The van der Waals surface area contributed by atoms with Crippen molar-refractivity contribution < 1.29 is 14.5 Å². The molecule has 0 aliphatic heterocycles. The van der Waals surface area contributed by atoms with Gasteiger partial charge in [-0.15, -0.1) is 10.2 Å². The molecule has 184 valence electrons. The van der Waals surface area contributed by atoms with E-state index < -0.39 is 16.9 Å². The highest BCUT2D eigenvalue weighted by atomic mass is 32.2. The molecule has 35 heavy (non-hydrogen) atoms. The van der Waals surface area contributed by atoms with Crippen LogP contribution in [-0.2, 0) is 11.8 Å². The van der Waals surface area contributed by atoms with Crippen molar-refractivity contribution in [2.75, 3.05) is 11.1 Å². The van der Waals surface area contributed by atoms with Gasteiger partial charge in [-0.05, 0) is 37.5 Å². The maximum atomic E-state index is 12.8. The largest absolute Gasteiger partial charge is 0.342 e. The standard InChI is InChI=1S/C24H28N6O4S/c1-14(2)21(26-23(32)17-7-6-8-18(12-17)30(33)34)22-27-28-24(29(22)5)35-13-20(31)25-19-10-9-15(3)11-16(19)4/h6-12,14,21H,13H2,1-5H3,(H,25,31)(H,26,32)/t21-/m0/s1. The van der Waals surface area contributed by atoms with E-state index >= 15 is 0 Å². The lowest BCUT2D eigenvalue weighted by Crippen LogP contribution is -2.33. The first-order valence-electron chi connectivity index (χ1n) is 11.0. The lowest BCUT2D eigenvalue weighted by Gasteiger charge is -2.21. The first-order chi connectivity index (χ1) is 16.6. The van der Waals surface area contributed by atoms with Crippen molar-refractivity contribution in [3.8, 4) is 0 Å². The van der Waals surface area contributed by atoms with Gasteiger partial charge in [0.2, 0.25) is 5.91 Å². The van der Waals surface area contributed by atoms with Gasteiger partial charge in [0.25, 0.3) is 11.6 Å². The summed E-state index contributed by atoms with van der Waals surface area (Å²) >= 11 is 1.24. The highest BCUT2D eigenvalue weighted by Gasteiger charge is 2.26. The van der Waals surface area contributed by atoms with Crippen molar-refractivity contribution in [3.63, 3.8) is 0 Å². The number of aryl methyl sites for hydroxylation is 2. The molecule has 0 bridgehead atoms. The zero-order chi connectivity index (χ0) is 25.7. The summed E-state index contributed by atoms with van der Waals surface area (Å²) in [7, 11) is 1.77. The number of rotatable bonds is 9. The third-order valence-corrected chi connectivity index (χ3v) is 6.43. The number of thioether (sulfide) groups is 1. The van der Waals surface area contributed by atoms with Gasteiger partial charge in [-0.2, -0.15) is 0 Å². The van der Waals surface area contributed by atoms with E-state index in [-0.39, 0.29) is 28.8 Å². The molecule has 1 heterocycles. The number of hydrogen-bond donors (Lipinski definition) is 2. The molecule has 0 radical (unpaired) electrons. The zero-order valence-corrected chi connectivity index (χ0v) is 21.0. The highest BCUT2D eigenvalue weighted by molar-refractivity contribution is 7.99. The van der Waals surface area contributed by atoms with E-state index in [2.05, 4.69) is 20.8 Å². The Bertz CT molecular complexity index is 1260. The van der Waals surface area contributed by atoms with Crippen molar-refractivity contribution >= 4 is 35.0 Å². The Hall–Kier alpha value is -3.73. The quantitative estimate of drug-likeness (QED) is 0.258. The second-order valence-electron chi connectivity index (χ2n) is 8.56. The summed E-state index contributed by atoms with van der Waals surface area (Å²) in [5, 5.41) is 25.8. The fourth-order valence-corrected chi connectivity index (χ4v) is 4.23. The molecule has 0 fully saturated rings. The Morgan fingerprint density at radius 3 is 2.54 bits per heavy atom. The van der Waals surface area contributed by atoms with E-state index in [0.717, 1.165) is 16.8 Å². The Morgan fingerprint density at radius 1 is 1.14 bits per heavy atom. The summed E-state index contributed by atoms with van der Waals surface area (Å²) < 4.78 is 1.74. The lowest BCUT2D eigenvalue weighted by molar-refractivity contribution is -0.384. The molecule has 3 rings (SSSR count). The van der Waals surface area contributed by atoms with Crippen LogP contribution >= 0.6 is 11.8 Å². The van der Waals surface area contributed by atoms with E-state index in [9.17, 15) is 19.7 Å². The van der Waals surface area contributed by atoms with Crippen LogP contribution in [0.25, 0.3) is 0 Å². The molecule has 0 aliphatic rings. The molecule has 10 nitrogen and oxygen atoms in total. The number of nitro benzene ring substituents is 1. The number of carbonyl (C=O) groups excluding carboxylic acids is 2. The molecule has 0 saturated carbocycles. The van der Waals surface area contributed by atoms with Crippen molar-refractivity contribution in [3.05, 3.63) is 75.1 Å². The SMILES string of the molecule is Cc1ccc(NC(=O)CSc2nnc([C@@H](NC(=O)c3cccc([N+](=O)[O-])c3)C(C)C)n2C)c(C)c1. The molecule has 0 saturated heterocycles. The van der Waals surface area contributed by atoms with Crippen LogP contribution in [0.4, 0.5) is 11.4 Å². The summed E-state index contributed by atoms with van der Waals surface area (Å²) in [6.45, 7) is 7.80. The summed E-state index contributed by atoms with van der Waals surface area (Å²) in [5.74, 6) is 0.0247. The molecule has 0 unspecified atom stereocenters. The Morgan fingerprint density at radius 2 is 1.89 bits per heavy atom. The minimum Gasteiger partial charge on any atom is -0.342 e. The lowest BCUT2D eigenvalue weighted by atomic mass is 10.0. The van der Waals surface area contributed by atoms with Crippen LogP contribution in [0.15, 0.2) is 47.6 Å². The molecule has 11 heteroatoms. The smallest absolute Gasteiger partial charge is 0.270 e. The van der Waals surface area contributed by atoms with Crippen molar-refractivity contribution in [1.82, 2.24) is 20.1 Å². The number of nitro groups is 1. The predicted octanol–water partition coefficient (Wildman–Crippen LogP) is 4.20. The van der Waals surface area contributed by atoms with Crippen molar-refractivity contribution in [2.24, 2.45) is 13.0 Å². The Labute approximate surface area is 207 Å². The van der Waals surface area contributed by atoms with Gasteiger partial charge in [-0.1, -0.05) is 49.4 Å². The van der Waals surface area contributed by atoms with E-state index in [1.165, 1.54) is 36.0 Å². The molecule has 2 aromatic carbocycles. The molecule has 3 aromatic rings. The summed E-state index contributed by atoms with van der Waals surface area (Å²) in [4.78, 5) is 35.8. The number of anilines is 1. The second kappa shape index (κ2) is 11.1. The maximum absolute atomic E-state index is 12.8. The topological polar surface area (TPSA) is 132 Å². The minimum atomic E-state index is -0.542. The van der Waals surface area contributed by atoms with Crippen LogP contribution in [0, 0.1) is 29.9 Å². The van der Waals surface area contributed by atoms with Crippen LogP contribution < -0.4 is 10.6 Å². The van der Waals surface area contributed by atoms with Gasteiger partial charge in [0.05, 0.1) is 16.7 Å². The van der Waals surface area contributed by atoms with E-state index in [1.54, 1.807) is 11.6 Å². The number of benzene rings is 2. The Kier molecular flexibility index (Phi) is 8.23. The number of hydrogen-bond acceptors (Lipinski definition) is 7. The zero-order valence-electron chi connectivity index (χ0n) is 20.2. The number of carbonyl (C=O) groups is 2. The highest BCUT2D eigenvalue weighted by Crippen LogP contribution is 2.25. The van der Waals surface area contributed by atoms with Gasteiger partial charge >= 0.3 is 0 Å². The molecular formula is C24H28N6O4S. The first kappa shape index (κ1) is 25.9. The third kappa shape index (κ3) is 6.44. The normalized spacial score (nSPS) is 11.8. The van der Waals surface area contributed by atoms with Gasteiger partial charge in [-0.3, -0.25) is 19.7 Å². The fraction of sp³-hybridized carbons (Fsp3) is 0.333. The number of aromatic nitrogens is 3. The molecule has 1 aromatic heterocycles. The van der Waals surface area contributed by atoms with Crippen LogP contribution in [0.1, 0.15) is 47.2 Å².